The third-order valence-corrected chi connectivity index (χ3v) is 2.61. The lowest BCUT2D eigenvalue weighted by Gasteiger charge is -2.29. The van der Waals surface area contributed by atoms with E-state index in [1.165, 1.54) is 6.92 Å². The molecule has 0 aromatic heterocycles. The van der Waals surface area contributed by atoms with Crippen LogP contribution in [0.2, 0.25) is 0 Å². The van der Waals surface area contributed by atoms with Crippen molar-refractivity contribution in [3.05, 3.63) is 0 Å². The molecule has 0 atom stereocenters. The smallest absolute Gasteiger partial charge is 0.316 e. The first-order valence-electron chi connectivity index (χ1n) is 5.08. The van der Waals surface area contributed by atoms with E-state index in [9.17, 15) is 9.59 Å². The molecule has 0 aromatic rings. The molecule has 0 bridgehead atoms. The van der Waals surface area contributed by atoms with Crippen molar-refractivity contribution >= 4 is 11.9 Å². The van der Waals surface area contributed by atoms with Crippen LogP contribution in [0.25, 0.3) is 0 Å². The van der Waals surface area contributed by atoms with Gasteiger partial charge in [-0.2, -0.15) is 0 Å². The van der Waals surface area contributed by atoms with Gasteiger partial charge in [-0.25, -0.2) is 0 Å². The van der Waals surface area contributed by atoms with E-state index in [-0.39, 0.29) is 11.9 Å². The van der Waals surface area contributed by atoms with Crippen molar-refractivity contribution in [3.8, 4) is 0 Å². The van der Waals surface area contributed by atoms with E-state index in [1.54, 1.807) is 0 Å². The van der Waals surface area contributed by atoms with Crippen LogP contribution in [-0.2, 0) is 14.3 Å². The van der Waals surface area contributed by atoms with Crippen molar-refractivity contribution in [1.82, 2.24) is 4.90 Å². The van der Waals surface area contributed by atoms with Crippen molar-refractivity contribution < 1.29 is 14.3 Å². The number of piperidine rings is 1. The Bertz CT molecular complexity index is 219. The molecule has 0 aliphatic carbocycles. The van der Waals surface area contributed by atoms with Crippen LogP contribution in [0.15, 0.2) is 0 Å². The Morgan fingerprint density at radius 3 is 2.36 bits per heavy atom. The van der Waals surface area contributed by atoms with Gasteiger partial charge in [0.05, 0.1) is 5.92 Å². The van der Waals surface area contributed by atoms with Crippen LogP contribution < -0.4 is 0 Å². The van der Waals surface area contributed by atoms with E-state index in [1.807, 2.05) is 0 Å². The van der Waals surface area contributed by atoms with Gasteiger partial charge in [-0.1, -0.05) is 6.92 Å². The Labute approximate surface area is 84.2 Å². The fourth-order valence-electron chi connectivity index (χ4n) is 1.71. The molecule has 0 N–H and O–H groups in total. The third-order valence-electron chi connectivity index (χ3n) is 2.61. The van der Waals surface area contributed by atoms with E-state index < -0.39 is 5.97 Å². The summed E-state index contributed by atoms with van der Waals surface area (Å²) >= 11 is 0. The zero-order valence-corrected chi connectivity index (χ0v) is 8.78. The van der Waals surface area contributed by atoms with Crippen LogP contribution in [-0.4, -0.2) is 36.5 Å². The summed E-state index contributed by atoms with van der Waals surface area (Å²) in [6.45, 7) is 6.24. The van der Waals surface area contributed by atoms with Gasteiger partial charge in [-0.3, -0.25) is 9.59 Å². The molecular weight excluding hydrogens is 182 g/mol. The zero-order chi connectivity index (χ0) is 10.6. The summed E-state index contributed by atoms with van der Waals surface area (Å²) in [5.74, 6) is -0.942. The van der Waals surface area contributed by atoms with Crippen LogP contribution in [0, 0.1) is 5.92 Å². The molecule has 0 unspecified atom stereocenters. The molecule has 1 rings (SSSR count). The SMILES string of the molecule is CCN1CCC(C(=O)OC(C)=O)CC1. The first-order valence-corrected chi connectivity index (χ1v) is 5.08. The lowest BCUT2D eigenvalue weighted by atomic mass is 9.97. The third kappa shape index (κ3) is 3.10. The molecule has 0 aromatic carbocycles. The molecule has 80 valence electrons. The molecule has 0 spiro atoms. The highest BCUT2D eigenvalue weighted by Crippen LogP contribution is 2.18. The van der Waals surface area contributed by atoms with Gasteiger partial charge in [0.15, 0.2) is 0 Å². The Balaban J connectivity index is 2.34. The fourth-order valence-corrected chi connectivity index (χ4v) is 1.71. The molecule has 1 heterocycles. The molecule has 0 amide bonds. The predicted molar refractivity (Wildman–Crippen MR) is 51.6 cm³/mol. The molecule has 0 radical (unpaired) electrons. The van der Waals surface area contributed by atoms with Gasteiger partial charge in [-0.05, 0) is 32.5 Å². The van der Waals surface area contributed by atoms with Crippen LogP contribution >= 0.6 is 0 Å². The number of carbonyl (C=O) groups excluding carboxylic acids is 2. The fraction of sp³-hybridized carbons (Fsp3) is 0.800. The predicted octanol–water partition coefficient (Wildman–Crippen LogP) is 0.808. The van der Waals surface area contributed by atoms with Crippen LogP contribution in [0.3, 0.4) is 0 Å². The number of esters is 2. The minimum Gasteiger partial charge on any atom is -0.393 e. The Morgan fingerprint density at radius 2 is 1.93 bits per heavy atom. The van der Waals surface area contributed by atoms with Crippen molar-refractivity contribution in [3.63, 3.8) is 0 Å². The largest absolute Gasteiger partial charge is 0.393 e. The van der Waals surface area contributed by atoms with E-state index in [0.29, 0.717) is 0 Å². The van der Waals surface area contributed by atoms with Gasteiger partial charge in [-0.15, -0.1) is 0 Å². The highest BCUT2D eigenvalue weighted by Gasteiger charge is 2.26. The summed E-state index contributed by atoms with van der Waals surface area (Å²) in [7, 11) is 0. The Kier molecular flexibility index (Phi) is 4.07. The van der Waals surface area contributed by atoms with Gasteiger partial charge >= 0.3 is 11.9 Å². The number of hydrogen-bond donors (Lipinski definition) is 0. The van der Waals surface area contributed by atoms with Gasteiger partial charge in [0.2, 0.25) is 0 Å². The highest BCUT2D eigenvalue weighted by molar-refractivity contribution is 5.85. The van der Waals surface area contributed by atoms with E-state index in [0.717, 1.165) is 32.5 Å². The van der Waals surface area contributed by atoms with Crippen LogP contribution in [0.1, 0.15) is 26.7 Å². The molecule has 4 heteroatoms. The van der Waals surface area contributed by atoms with E-state index >= 15 is 0 Å². The highest BCUT2D eigenvalue weighted by atomic mass is 16.6. The number of hydrogen-bond acceptors (Lipinski definition) is 4. The minimum atomic E-state index is -0.507. The molecule has 1 aliphatic heterocycles. The molecular formula is C10H17NO3. The lowest BCUT2D eigenvalue weighted by Crippen LogP contribution is -2.37. The molecule has 1 aliphatic rings. The standard InChI is InChI=1S/C10H17NO3/c1-3-11-6-4-9(5-7-11)10(13)14-8(2)12/h9H,3-7H2,1-2H3. The summed E-state index contributed by atoms with van der Waals surface area (Å²) in [6, 6.07) is 0. The van der Waals surface area contributed by atoms with E-state index in [2.05, 4.69) is 16.6 Å². The minimum absolute atomic E-state index is 0.0818. The maximum absolute atomic E-state index is 11.3. The second-order valence-corrected chi connectivity index (χ2v) is 3.62. The second-order valence-electron chi connectivity index (χ2n) is 3.62. The average Bonchev–Trinajstić information content (AvgIpc) is 2.17. The Morgan fingerprint density at radius 1 is 1.36 bits per heavy atom. The topological polar surface area (TPSA) is 46.6 Å². The summed E-state index contributed by atoms with van der Waals surface area (Å²) in [4.78, 5) is 24.2. The van der Waals surface area contributed by atoms with Gasteiger partial charge < -0.3 is 9.64 Å². The Hall–Kier alpha value is -0.900. The monoisotopic (exact) mass is 199 g/mol. The maximum Gasteiger partial charge on any atom is 0.316 e. The van der Waals surface area contributed by atoms with Crippen molar-refractivity contribution in [2.45, 2.75) is 26.7 Å². The van der Waals surface area contributed by atoms with E-state index in [4.69, 9.17) is 0 Å². The number of likely N-dealkylation sites (tertiary alicyclic amines) is 1. The first-order chi connectivity index (χ1) is 6.63. The first kappa shape index (κ1) is 11.2. The summed E-state index contributed by atoms with van der Waals surface area (Å²) in [5.41, 5.74) is 0. The molecule has 1 fully saturated rings. The van der Waals surface area contributed by atoms with Gasteiger partial charge in [0.25, 0.3) is 0 Å². The molecule has 1 saturated heterocycles. The zero-order valence-electron chi connectivity index (χ0n) is 8.78. The van der Waals surface area contributed by atoms with Crippen molar-refractivity contribution in [2.75, 3.05) is 19.6 Å². The second kappa shape index (κ2) is 5.10. The number of carbonyl (C=O) groups is 2. The van der Waals surface area contributed by atoms with Crippen LogP contribution in [0.4, 0.5) is 0 Å². The number of nitrogens with zero attached hydrogens (tertiary/aromatic N) is 1. The van der Waals surface area contributed by atoms with Crippen molar-refractivity contribution in [1.29, 1.82) is 0 Å². The molecule has 0 saturated carbocycles. The molecule has 4 nitrogen and oxygen atoms in total. The summed E-state index contributed by atoms with van der Waals surface area (Å²) < 4.78 is 4.56. The normalized spacial score (nSPS) is 19.3. The summed E-state index contributed by atoms with van der Waals surface area (Å²) in [5, 5.41) is 0. The maximum atomic E-state index is 11.3. The number of rotatable bonds is 2. The van der Waals surface area contributed by atoms with Crippen LogP contribution in [0.5, 0.6) is 0 Å². The molecule has 14 heavy (non-hydrogen) atoms. The van der Waals surface area contributed by atoms with Gasteiger partial charge in [0, 0.05) is 6.92 Å². The lowest BCUT2D eigenvalue weighted by molar-refractivity contribution is -0.162. The van der Waals surface area contributed by atoms with Crippen molar-refractivity contribution in [2.24, 2.45) is 5.92 Å². The summed E-state index contributed by atoms with van der Waals surface area (Å²) in [6.07, 6.45) is 1.61. The number of ether oxygens (including phenoxy) is 1. The average molecular weight is 199 g/mol. The van der Waals surface area contributed by atoms with Gasteiger partial charge in [0.1, 0.15) is 0 Å². The quantitative estimate of drug-likeness (QED) is 0.487.